The SMILES string of the molecule is C=CCCCCCNCCn1ccnc1. The minimum atomic E-state index is 1.01. The summed E-state index contributed by atoms with van der Waals surface area (Å²) in [6, 6.07) is 0. The first-order chi connectivity index (χ1) is 7.43. The Hall–Kier alpha value is -1.09. The number of nitrogens with one attached hydrogen (secondary N) is 1. The highest BCUT2D eigenvalue weighted by atomic mass is 15.0. The van der Waals surface area contributed by atoms with Crippen LogP contribution in [0.5, 0.6) is 0 Å². The molecular formula is C12H21N3. The molecule has 0 amide bonds. The van der Waals surface area contributed by atoms with Gasteiger partial charge in [0, 0.05) is 25.5 Å². The van der Waals surface area contributed by atoms with E-state index in [2.05, 4.69) is 21.4 Å². The Balaban J connectivity index is 1.83. The van der Waals surface area contributed by atoms with Crippen LogP contribution < -0.4 is 5.32 Å². The minimum Gasteiger partial charge on any atom is -0.336 e. The highest BCUT2D eigenvalue weighted by Crippen LogP contribution is 1.98. The summed E-state index contributed by atoms with van der Waals surface area (Å²) in [6.07, 6.45) is 12.6. The number of rotatable bonds is 9. The molecule has 1 aromatic rings. The first-order valence-electron chi connectivity index (χ1n) is 5.71. The molecule has 1 N–H and O–H groups in total. The largest absolute Gasteiger partial charge is 0.336 e. The predicted octanol–water partition coefficient (Wildman–Crippen LogP) is 2.22. The number of nitrogens with zero attached hydrogens (tertiary/aromatic N) is 2. The molecule has 0 aliphatic heterocycles. The Bertz CT molecular complexity index is 241. The lowest BCUT2D eigenvalue weighted by atomic mass is 10.2. The van der Waals surface area contributed by atoms with Crippen molar-refractivity contribution in [2.24, 2.45) is 0 Å². The van der Waals surface area contributed by atoms with Gasteiger partial charge in [-0.3, -0.25) is 0 Å². The van der Waals surface area contributed by atoms with Crippen LogP contribution in [0.25, 0.3) is 0 Å². The Kier molecular flexibility index (Phi) is 6.58. The van der Waals surface area contributed by atoms with Gasteiger partial charge in [0.15, 0.2) is 0 Å². The van der Waals surface area contributed by atoms with E-state index in [9.17, 15) is 0 Å². The van der Waals surface area contributed by atoms with Crippen molar-refractivity contribution in [1.29, 1.82) is 0 Å². The highest BCUT2D eigenvalue weighted by Gasteiger charge is 1.90. The number of aromatic nitrogens is 2. The van der Waals surface area contributed by atoms with Gasteiger partial charge in [0.05, 0.1) is 6.33 Å². The molecule has 3 nitrogen and oxygen atoms in total. The molecule has 0 fully saturated rings. The molecule has 1 rings (SSSR count). The third-order valence-corrected chi connectivity index (χ3v) is 2.37. The lowest BCUT2D eigenvalue weighted by Gasteiger charge is -2.04. The molecule has 15 heavy (non-hydrogen) atoms. The van der Waals surface area contributed by atoms with Crippen LogP contribution in [0.1, 0.15) is 25.7 Å². The fourth-order valence-corrected chi connectivity index (χ4v) is 1.47. The zero-order valence-electron chi connectivity index (χ0n) is 9.36. The van der Waals surface area contributed by atoms with Crippen LogP contribution in [0.2, 0.25) is 0 Å². The summed E-state index contributed by atoms with van der Waals surface area (Å²) >= 11 is 0. The molecule has 0 aliphatic carbocycles. The molecule has 0 unspecified atom stereocenters. The minimum absolute atomic E-state index is 1.01. The Morgan fingerprint density at radius 2 is 2.20 bits per heavy atom. The Morgan fingerprint density at radius 3 is 2.93 bits per heavy atom. The molecular weight excluding hydrogens is 186 g/mol. The van der Waals surface area contributed by atoms with Crippen LogP contribution in [-0.2, 0) is 6.54 Å². The van der Waals surface area contributed by atoms with Crippen molar-refractivity contribution in [3.8, 4) is 0 Å². The van der Waals surface area contributed by atoms with E-state index in [0.29, 0.717) is 0 Å². The van der Waals surface area contributed by atoms with Gasteiger partial charge in [0.25, 0.3) is 0 Å². The molecule has 0 saturated heterocycles. The van der Waals surface area contributed by atoms with Crippen molar-refractivity contribution in [3.05, 3.63) is 31.4 Å². The molecule has 0 saturated carbocycles. The van der Waals surface area contributed by atoms with Crippen molar-refractivity contribution in [1.82, 2.24) is 14.9 Å². The second-order valence-electron chi connectivity index (χ2n) is 3.69. The second-order valence-corrected chi connectivity index (χ2v) is 3.69. The number of imidazole rings is 1. The maximum Gasteiger partial charge on any atom is 0.0946 e. The molecule has 0 radical (unpaired) electrons. The summed E-state index contributed by atoms with van der Waals surface area (Å²) in [4.78, 5) is 4.00. The molecule has 1 heterocycles. The topological polar surface area (TPSA) is 29.9 Å². The average Bonchev–Trinajstić information content (AvgIpc) is 2.75. The quantitative estimate of drug-likeness (QED) is 0.497. The van der Waals surface area contributed by atoms with E-state index in [0.717, 1.165) is 26.1 Å². The zero-order chi connectivity index (χ0) is 10.8. The van der Waals surface area contributed by atoms with Crippen molar-refractivity contribution >= 4 is 0 Å². The van der Waals surface area contributed by atoms with E-state index in [1.807, 2.05) is 24.8 Å². The molecule has 0 spiro atoms. The van der Waals surface area contributed by atoms with Gasteiger partial charge < -0.3 is 9.88 Å². The standard InChI is InChI=1S/C12H21N3/c1-2-3-4-5-6-7-13-8-10-15-11-9-14-12-15/h2,9,11-13H,1,3-8,10H2. The summed E-state index contributed by atoms with van der Waals surface area (Å²) in [5, 5.41) is 3.43. The summed E-state index contributed by atoms with van der Waals surface area (Å²) < 4.78 is 2.09. The molecule has 84 valence electrons. The zero-order valence-corrected chi connectivity index (χ0v) is 9.36. The monoisotopic (exact) mass is 207 g/mol. The van der Waals surface area contributed by atoms with Gasteiger partial charge in [-0.1, -0.05) is 12.5 Å². The van der Waals surface area contributed by atoms with E-state index in [-0.39, 0.29) is 0 Å². The lowest BCUT2D eigenvalue weighted by Crippen LogP contribution is -2.20. The molecule has 0 aromatic carbocycles. The van der Waals surface area contributed by atoms with E-state index < -0.39 is 0 Å². The average molecular weight is 207 g/mol. The summed E-state index contributed by atoms with van der Waals surface area (Å²) in [7, 11) is 0. The summed E-state index contributed by atoms with van der Waals surface area (Å²) in [5.41, 5.74) is 0. The van der Waals surface area contributed by atoms with Gasteiger partial charge >= 0.3 is 0 Å². The summed E-state index contributed by atoms with van der Waals surface area (Å²) in [6.45, 7) is 6.86. The van der Waals surface area contributed by atoms with Crippen LogP contribution in [0.4, 0.5) is 0 Å². The van der Waals surface area contributed by atoms with Gasteiger partial charge in [-0.25, -0.2) is 4.98 Å². The molecule has 0 atom stereocenters. The Morgan fingerprint density at radius 1 is 1.27 bits per heavy atom. The van der Waals surface area contributed by atoms with Gasteiger partial charge in [-0.15, -0.1) is 6.58 Å². The van der Waals surface area contributed by atoms with Crippen LogP contribution >= 0.6 is 0 Å². The van der Waals surface area contributed by atoms with Crippen molar-refractivity contribution in [3.63, 3.8) is 0 Å². The van der Waals surface area contributed by atoms with E-state index in [1.165, 1.54) is 19.3 Å². The van der Waals surface area contributed by atoms with Gasteiger partial charge in [-0.2, -0.15) is 0 Å². The van der Waals surface area contributed by atoms with Gasteiger partial charge in [0.2, 0.25) is 0 Å². The molecule has 0 aliphatic rings. The predicted molar refractivity (Wildman–Crippen MR) is 63.8 cm³/mol. The first kappa shape index (κ1) is 12.0. The number of hydrogen-bond acceptors (Lipinski definition) is 2. The third-order valence-electron chi connectivity index (χ3n) is 2.37. The fourth-order valence-electron chi connectivity index (χ4n) is 1.47. The van der Waals surface area contributed by atoms with Crippen LogP contribution in [0.15, 0.2) is 31.4 Å². The second kappa shape index (κ2) is 8.24. The molecule has 1 aromatic heterocycles. The molecule has 0 bridgehead atoms. The maximum atomic E-state index is 4.00. The normalized spacial score (nSPS) is 10.4. The first-order valence-corrected chi connectivity index (χ1v) is 5.71. The van der Waals surface area contributed by atoms with Gasteiger partial charge in [-0.05, 0) is 25.8 Å². The summed E-state index contributed by atoms with van der Waals surface area (Å²) in [5.74, 6) is 0. The van der Waals surface area contributed by atoms with Crippen molar-refractivity contribution in [2.75, 3.05) is 13.1 Å². The van der Waals surface area contributed by atoms with Crippen LogP contribution in [0, 0.1) is 0 Å². The third kappa shape index (κ3) is 6.07. The number of hydrogen-bond donors (Lipinski definition) is 1. The molecule has 3 heteroatoms. The number of allylic oxidation sites excluding steroid dienone is 1. The van der Waals surface area contributed by atoms with E-state index >= 15 is 0 Å². The van der Waals surface area contributed by atoms with Gasteiger partial charge in [0.1, 0.15) is 0 Å². The van der Waals surface area contributed by atoms with Crippen LogP contribution in [0.3, 0.4) is 0 Å². The number of unbranched alkanes of at least 4 members (excludes halogenated alkanes) is 3. The van der Waals surface area contributed by atoms with Crippen LogP contribution in [-0.4, -0.2) is 22.6 Å². The Labute approximate surface area is 92.2 Å². The highest BCUT2D eigenvalue weighted by molar-refractivity contribution is 4.74. The maximum absolute atomic E-state index is 4.00. The van der Waals surface area contributed by atoms with Crippen molar-refractivity contribution < 1.29 is 0 Å². The lowest BCUT2D eigenvalue weighted by molar-refractivity contribution is 0.564. The van der Waals surface area contributed by atoms with E-state index in [1.54, 1.807) is 0 Å². The smallest absolute Gasteiger partial charge is 0.0946 e. The van der Waals surface area contributed by atoms with E-state index in [4.69, 9.17) is 0 Å². The fraction of sp³-hybridized carbons (Fsp3) is 0.583. The van der Waals surface area contributed by atoms with Crippen molar-refractivity contribution in [2.45, 2.75) is 32.2 Å².